The van der Waals surface area contributed by atoms with Gasteiger partial charge in [0.25, 0.3) is 0 Å². The number of hydrogen-bond donors (Lipinski definition) is 1. The second kappa shape index (κ2) is 7.31. The molecule has 26 heavy (non-hydrogen) atoms. The second-order valence-corrected chi connectivity index (χ2v) is 6.49. The van der Waals surface area contributed by atoms with Crippen molar-refractivity contribution in [3.05, 3.63) is 75.7 Å². The van der Waals surface area contributed by atoms with Crippen molar-refractivity contribution in [2.75, 3.05) is 0 Å². The van der Waals surface area contributed by atoms with E-state index in [1.165, 1.54) is 18.5 Å². The lowest BCUT2D eigenvalue weighted by Crippen LogP contribution is -2.14. The number of benzene rings is 2. The molecule has 0 radical (unpaired) electrons. The van der Waals surface area contributed by atoms with Crippen molar-refractivity contribution < 1.29 is 13.2 Å². The monoisotopic (exact) mass is 399 g/mol. The minimum Gasteiger partial charge on any atom is -0.328 e. The van der Waals surface area contributed by atoms with Crippen LogP contribution in [-0.4, -0.2) is 9.55 Å². The average Bonchev–Trinajstić information content (AvgIpc) is 2.96. The maximum absolute atomic E-state index is 13.2. The third-order valence-electron chi connectivity index (χ3n) is 3.99. The largest absolute Gasteiger partial charge is 0.416 e. The molecule has 0 bridgehead atoms. The molecule has 8 heteroatoms. The Balaban J connectivity index is 2.03. The highest BCUT2D eigenvalue weighted by atomic mass is 35.5. The van der Waals surface area contributed by atoms with E-state index in [4.69, 9.17) is 28.9 Å². The van der Waals surface area contributed by atoms with E-state index in [0.717, 1.165) is 6.07 Å². The molecule has 0 aliphatic heterocycles. The van der Waals surface area contributed by atoms with Crippen molar-refractivity contribution >= 4 is 23.2 Å². The van der Waals surface area contributed by atoms with Gasteiger partial charge in [0.1, 0.15) is 0 Å². The zero-order chi connectivity index (χ0) is 18.9. The fourth-order valence-corrected chi connectivity index (χ4v) is 3.28. The lowest BCUT2D eigenvalue weighted by Gasteiger charge is -2.14. The van der Waals surface area contributed by atoms with Gasteiger partial charge >= 0.3 is 6.18 Å². The van der Waals surface area contributed by atoms with Crippen LogP contribution in [0.4, 0.5) is 13.2 Å². The van der Waals surface area contributed by atoms with Gasteiger partial charge in [-0.3, -0.25) is 0 Å². The fourth-order valence-electron chi connectivity index (χ4n) is 2.78. The molecule has 0 fully saturated rings. The Morgan fingerprint density at radius 1 is 1.08 bits per heavy atom. The van der Waals surface area contributed by atoms with Gasteiger partial charge in [-0.05, 0) is 29.8 Å². The SMILES string of the molecule is NCc1c(-c2ccc(Cl)cc2Cl)ncn1Cc1ccccc1C(F)(F)F. The van der Waals surface area contributed by atoms with Gasteiger partial charge in [0.2, 0.25) is 0 Å². The Bertz CT molecular complexity index is 936. The van der Waals surface area contributed by atoms with Crippen LogP contribution in [0.5, 0.6) is 0 Å². The fraction of sp³-hybridized carbons (Fsp3) is 0.167. The molecule has 0 aliphatic carbocycles. The number of imidazole rings is 1. The van der Waals surface area contributed by atoms with Crippen molar-refractivity contribution in [3.63, 3.8) is 0 Å². The molecule has 0 amide bonds. The van der Waals surface area contributed by atoms with Crippen LogP contribution in [0, 0.1) is 0 Å². The number of nitrogens with two attached hydrogens (primary N) is 1. The molecule has 0 spiro atoms. The van der Waals surface area contributed by atoms with Crippen molar-refractivity contribution in [2.24, 2.45) is 5.73 Å². The summed E-state index contributed by atoms with van der Waals surface area (Å²) in [5, 5.41) is 0.875. The molecule has 2 N–H and O–H groups in total. The standard InChI is InChI=1S/C18H14Cl2F3N3/c19-12-5-6-13(15(20)7-12)17-16(8-24)26(10-25-17)9-11-3-1-2-4-14(11)18(21,22)23/h1-7,10H,8-9,24H2. The van der Waals surface area contributed by atoms with E-state index in [9.17, 15) is 13.2 Å². The Hall–Kier alpha value is -2.02. The quantitative estimate of drug-likeness (QED) is 0.639. The summed E-state index contributed by atoms with van der Waals surface area (Å²) >= 11 is 12.1. The number of hydrogen-bond acceptors (Lipinski definition) is 2. The molecule has 1 heterocycles. The summed E-state index contributed by atoms with van der Waals surface area (Å²) in [6.45, 7) is 0.100. The summed E-state index contributed by atoms with van der Waals surface area (Å²) in [6, 6.07) is 10.4. The van der Waals surface area contributed by atoms with Gasteiger partial charge in [-0.2, -0.15) is 13.2 Å². The maximum Gasteiger partial charge on any atom is 0.416 e. The summed E-state index contributed by atoms with van der Waals surface area (Å²) in [7, 11) is 0. The number of halogens is 5. The van der Waals surface area contributed by atoms with Crippen LogP contribution < -0.4 is 5.73 Å². The highest BCUT2D eigenvalue weighted by Gasteiger charge is 2.33. The molecule has 3 nitrogen and oxygen atoms in total. The van der Waals surface area contributed by atoms with E-state index in [2.05, 4.69) is 4.98 Å². The van der Waals surface area contributed by atoms with Crippen LogP contribution in [0.2, 0.25) is 10.0 Å². The third-order valence-corrected chi connectivity index (χ3v) is 4.54. The Morgan fingerprint density at radius 2 is 1.81 bits per heavy atom. The zero-order valence-electron chi connectivity index (χ0n) is 13.4. The number of nitrogens with zero attached hydrogens (tertiary/aromatic N) is 2. The number of rotatable bonds is 4. The van der Waals surface area contributed by atoms with Crippen molar-refractivity contribution in [2.45, 2.75) is 19.3 Å². The van der Waals surface area contributed by atoms with Crippen molar-refractivity contribution in [3.8, 4) is 11.3 Å². The van der Waals surface area contributed by atoms with Gasteiger partial charge in [0.15, 0.2) is 0 Å². The molecule has 0 aliphatic rings. The predicted octanol–water partition coefficient (Wildman–Crippen LogP) is 5.38. The van der Waals surface area contributed by atoms with Crippen LogP contribution in [0.25, 0.3) is 11.3 Å². The highest BCUT2D eigenvalue weighted by Crippen LogP contribution is 2.34. The van der Waals surface area contributed by atoms with Crippen LogP contribution in [0.1, 0.15) is 16.8 Å². The predicted molar refractivity (Wildman–Crippen MR) is 96.1 cm³/mol. The van der Waals surface area contributed by atoms with E-state index < -0.39 is 11.7 Å². The zero-order valence-corrected chi connectivity index (χ0v) is 14.9. The first kappa shape index (κ1) is 18.8. The minimum absolute atomic E-state index is 0.000422. The van der Waals surface area contributed by atoms with Crippen LogP contribution in [-0.2, 0) is 19.3 Å². The van der Waals surface area contributed by atoms with Crippen LogP contribution in [0.15, 0.2) is 48.8 Å². The summed E-state index contributed by atoms with van der Waals surface area (Å²) in [6.07, 6.45) is -2.96. The van der Waals surface area contributed by atoms with Gasteiger partial charge in [0.05, 0.1) is 28.3 Å². The molecule has 0 atom stereocenters. The molecule has 1 aromatic heterocycles. The Labute approximate surface area is 158 Å². The molecule has 0 unspecified atom stereocenters. The summed E-state index contributed by atoms with van der Waals surface area (Å²) in [5.74, 6) is 0. The average molecular weight is 400 g/mol. The lowest BCUT2D eigenvalue weighted by molar-refractivity contribution is -0.138. The van der Waals surface area contributed by atoms with Gasteiger partial charge in [-0.25, -0.2) is 4.98 Å². The van der Waals surface area contributed by atoms with Crippen LogP contribution in [0.3, 0.4) is 0 Å². The molecule has 3 aromatic rings. The highest BCUT2D eigenvalue weighted by molar-refractivity contribution is 6.36. The first-order valence-electron chi connectivity index (χ1n) is 7.66. The maximum atomic E-state index is 13.2. The second-order valence-electron chi connectivity index (χ2n) is 5.65. The molecule has 0 saturated heterocycles. The van der Waals surface area contributed by atoms with Gasteiger partial charge in [0, 0.05) is 23.7 Å². The minimum atomic E-state index is -4.43. The van der Waals surface area contributed by atoms with Gasteiger partial charge in [-0.1, -0.05) is 41.4 Å². The van der Waals surface area contributed by atoms with E-state index in [0.29, 0.717) is 27.0 Å². The molecule has 3 rings (SSSR count). The normalized spacial score (nSPS) is 11.8. The van der Waals surface area contributed by atoms with E-state index in [1.807, 2.05) is 0 Å². The molecular formula is C18H14Cl2F3N3. The number of aromatic nitrogens is 2. The van der Waals surface area contributed by atoms with Crippen LogP contribution >= 0.6 is 23.2 Å². The Kier molecular flexibility index (Phi) is 5.27. The first-order valence-corrected chi connectivity index (χ1v) is 8.41. The Morgan fingerprint density at radius 3 is 2.46 bits per heavy atom. The smallest absolute Gasteiger partial charge is 0.328 e. The third kappa shape index (κ3) is 3.72. The molecular weight excluding hydrogens is 386 g/mol. The molecule has 2 aromatic carbocycles. The van der Waals surface area contributed by atoms with Gasteiger partial charge < -0.3 is 10.3 Å². The summed E-state index contributed by atoms with van der Waals surface area (Å²) < 4.78 is 41.2. The lowest BCUT2D eigenvalue weighted by atomic mass is 10.1. The topological polar surface area (TPSA) is 43.8 Å². The summed E-state index contributed by atoms with van der Waals surface area (Å²) in [4.78, 5) is 4.31. The van der Waals surface area contributed by atoms with Gasteiger partial charge in [-0.15, -0.1) is 0 Å². The number of alkyl halides is 3. The summed E-state index contributed by atoms with van der Waals surface area (Å²) in [5.41, 5.74) is 7.04. The van der Waals surface area contributed by atoms with E-state index in [-0.39, 0.29) is 18.7 Å². The first-order chi connectivity index (χ1) is 12.3. The van der Waals surface area contributed by atoms with E-state index >= 15 is 0 Å². The van der Waals surface area contributed by atoms with Crippen molar-refractivity contribution in [1.29, 1.82) is 0 Å². The van der Waals surface area contributed by atoms with Crippen molar-refractivity contribution in [1.82, 2.24) is 9.55 Å². The van der Waals surface area contributed by atoms with E-state index in [1.54, 1.807) is 28.8 Å². The molecule has 136 valence electrons. The molecule has 0 saturated carbocycles.